The van der Waals surface area contributed by atoms with E-state index in [0.717, 1.165) is 5.56 Å². The molecule has 0 bridgehead atoms. The van der Waals surface area contributed by atoms with Gasteiger partial charge in [-0.15, -0.1) is 11.3 Å². The van der Waals surface area contributed by atoms with Crippen molar-refractivity contribution in [2.75, 3.05) is 10.6 Å². The third-order valence-electron chi connectivity index (χ3n) is 3.54. The Hall–Kier alpha value is -2.34. The van der Waals surface area contributed by atoms with Gasteiger partial charge in [0.2, 0.25) is 5.91 Å². The molecule has 2 rings (SSSR count). The maximum Gasteiger partial charge on any atom is 0.266 e. The molecule has 0 aliphatic carbocycles. The van der Waals surface area contributed by atoms with Crippen molar-refractivity contribution < 1.29 is 14.3 Å². The van der Waals surface area contributed by atoms with E-state index in [9.17, 15) is 9.59 Å². The van der Waals surface area contributed by atoms with Crippen LogP contribution in [0.2, 0.25) is 0 Å². The van der Waals surface area contributed by atoms with Gasteiger partial charge >= 0.3 is 0 Å². The Balaban J connectivity index is 2.17. The topological polar surface area (TPSA) is 67.4 Å². The van der Waals surface area contributed by atoms with Gasteiger partial charge in [-0.05, 0) is 44.5 Å². The summed E-state index contributed by atoms with van der Waals surface area (Å²) in [4.78, 5) is 25.4. The van der Waals surface area contributed by atoms with Crippen LogP contribution in [0.3, 0.4) is 0 Å². The number of carbonyl (C=O) groups is 2. The lowest BCUT2D eigenvalue weighted by Crippen LogP contribution is -2.27. The zero-order valence-electron chi connectivity index (χ0n) is 16.1. The summed E-state index contributed by atoms with van der Waals surface area (Å²) in [7, 11) is 0. The molecule has 140 valence electrons. The summed E-state index contributed by atoms with van der Waals surface area (Å²) in [5, 5.41) is 6.44. The van der Waals surface area contributed by atoms with Crippen molar-refractivity contribution in [3.63, 3.8) is 0 Å². The predicted octanol–water partition coefficient (Wildman–Crippen LogP) is 5.08. The highest BCUT2D eigenvalue weighted by atomic mass is 32.1. The highest BCUT2D eigenvalue weighted by Crippen LogP contribution is 2.31. The fraction of sp³-hybridized carbons (Fsp3) is 0.400. The number of hydrogen-bond acceptors (Lipinski definition) is 4. The van der Waals surface area contributed by atoms with Crippen LogP contribution in [0, 0.1) is 12.3 Å². The minimum atomic E-state index is -0.493. The van der Waals surface area contributed by atoms with Crippen molar-refractivity contribution in [1.29, 1.82) is 0 Å². The number of thiophene rings is 1. The Kier molecular flexibility index (Phi) is 6.08. The number of anilines is 2. The molecule has 2 amide bonds. The van der Waals surface area contributed by atoms with Crippen LogP contribution in [-0.2, 0) is 4.79 Å². The molecule has 1 aromatic heterocycles. The molecular formula is C20H26N2O3S. The molecule has 0 aliphatic heterocycles. The van der Waals surface area contributed by atoms with Crippen LogP contribution < -0.4 is 15.4 Å². The SMILES string of the molecule is Cc1cc(NC(=O)C(C)(C)C)sc1C(=O)Nc1ccccc1OC(C)C. The molecule has 0 atom stereocenters. The van der Waals surface area contributed by atoms with Crippen LogP contribution in [-0.4, -0.2) is 17.9 Å². The number of carbonyl (C=O) groups excluding carboxylic acids is 2. The fourth-order valence-corrected chi connectivity index (χ4v) is 3.14. The molecule has 1 aromatic carbocycles. The second-order valence-electron chi connectivity index (χ2n) is 7.44. The van der Waals surface area contributed by atoms with Gasteiger partial charge in [0.25, 0.3) is 5.91 Å². The van der Waals surface area contributed by atoms with Crippen LogP contribution in [0.15, 0.2) is 30.3 Å². The van der Waals surface area contributed by atoms with Crippen molar-refractivity contribution in [3.8, 4) is 5.75 Å². The third-order valence-corrected chi connectivity index (χ3v) is 4.69. The van der Waals surface area contributed by atoms with Crippen molar-refractivity contribution in [3.05, 3.63) is 40.8 Å². The normalized spacial score (nSPS) is 11.3. The van der Waals surface area contributed by atoms with E-state index in [-0.39, 0.29) is 17.9 Å². The number of para-hydroxylation sites is 2. The number of aryl methyl sites for hydroxylation is 1. The second-order valence-corrected chi connectivity index (χ2v) is 8.50. The van der Waals surface area contributed by atoms with E-state index in [1.165, 1.54) is 11.3 Å². The molecule has 26 heavy (non-hydrogen) atoms. The lowest BCUT2D eigenvalue weighted by atomic mass is 9.96. The molecule has 6 heteroatoms. The highest BCUT2D eigenvalue weighted by molar-refractivity contribution is 7.18. The Bertz CT molecular complexity index is 804. The van der Waals surface area contributed by atoms with Crippen LogP contribution in [0.5, 0.6) is 5.75 Å². The summed E-state index contributed by atoms with van der Waals surface area (Å²) in [5.41, 5.74) is 0.950. The monoisotopic (exact) mass is 374 g/mol. The van der Waals surface area contributed by atoms with E-state index >= 15 is 0 Å². The molecule has 0 radical (unpaired) electrons. The van der Waals surface area contributed by atoms with E-state index in [1.807, 2.05) is 65.8 Å². The minimum Gasteiger partial charge on any atom is -0.489 e. The summed E-state index contributed by atoms with van der Waals surface area (Å²) in [6, 6.07) is 9.16. The van der Waals surface area contributed by atoms with Gasteiger partial charge in [0.15, 0.2) is 0 Å². The van der Waals surface area contributed by atoms with E-state index < -0.39 is 5.41 Å². The van der Waals surface area contributed by atoms with Gasteiger partial charge in [-0.2, -0.15) is 0 Å². The maximum absolute atomic E-state index is 12.7. The Morgan fingerprint density at radius 2 is 1.77 bits per heavy atom. The highest BCUT2D eigenvalue weighted by Gasteiger charge is 2.23. The van der Waals surface area contributed by atoms with Crippen molar-refractivity contribution in [2.45, 2.75) is 47.6 Å². The number of rotatable bonds is 5. The summed E-state index contributed by atoms with van der Waals surface area (Å²) in [6.07, 6.45) is 0.00994. The van der Waals surface area contributed by atoms with Gasteiger partial charge in [0.1, 0.15) is 5.75 Å². The molecule has 0 saturated carbocycles. The first-order valence-corrected chi connectivity index (χ1v) is 9.38. The summed E-state index contributed by atoms with van der Waals surface area (Å²) in [6.45, 7) is 11.3. The predicted molar refractivity (Wildman–Crippen MR) is 107 cm³/mol. The van der Waals surface area contributed by atoms with Crippen LogP contribution in [0.1, 0.15) is 49.9 Å². The largest absolute Gasteiger partial charge is 0.489 e. The smallest absolute Gasteiger partial charge is 0.266 e. The standard InChI is InChI=1S/C20H26N2O3S/c1-12(2)25-15-10-8-7-9-14(15)21-18(23)17-13(3)11-16(26-17)22-19(24)20(4,5)6/h7-12H,1-6H3,(H,21,23)(H,22,24). The number of nitrogens with one attached hydrogen (secondary N) is 2. The number of benzene rings is 1. The molecule has 0 saturated heterocycles. The van der Waals surface area contributed by atoms with Crippen molar-refractivity contribution in [2.24, 2.45) is 5.41 Å². The van der Waals surface area contributed by atoms with Gasteiger partial charge in [0, 0.05) is 5.41 Å². The molecule has 0 unspecified atom stereocenters. The molecule has 5 nitrogen and oxygen atoms in total. The first-order chi connectivity index (χ1) is 12.1. The number of ether oxygens (including phenoxy) is 1. The molecule has 0 fully saturated rings. The summed E-state index contributed by atoms with van der Waals surface area (Å²) < 4.78 is 5.74. The Labute approximate surface area is 158 Å². The molecule has 0 aliphatic rings. The van der Waals surface area contributed by atoms with E-state index in [2.05, 4.69) is 10.6 Å². The fourth-order valence-electron chi connectivity index (χ4n) is 2.17. The summed E-state index contributed by atoms with van der Waals surface area (Å²) in [5.74, 6) is 0.330. The molecular weight excluding hydrogens is 348 g/mol. The van der Waals surface area contributed by atoms with Gasteiger partial charge in [-0.25, -0.2) is 0 Å². The quantitative estimate of drug-likeness (QED) is 0.767. The lowest BCUT2D eigenvalue weighted by Gasteiger charge is -2.16. The Morgan fingerprint density at radius 1 is 1.12 bits per heavy atom. The van der Waals surface area contributed by atoms with E-state index in [0.29, 0.717) is 21.3 Å². The second kappa shape index (κ2) is 7.91. The average Bonchev–Trinajstić information content (AvgIpc) is 2.88. The maximum atomic E-state index is 12.7. The third kappa shape index (κ3) is 5.08. The molecule has 0 spiro atoms. The Morgan fingerprint density at radius 3 is 2.38 bits per heavy atom. The first kappa shape index (κ1) is 20.0. The van der Waals surface area contributed by atoms with Crippen LogP contribution >= 0.6 is 11.3 Å². The van der Waals surface area contributed by atoms with Gasteiger partial charge < -0.3 is 15.4 Å². The number of amides is 2. The number of hydrogen-bond donors (Lipinski definition) is 2. The minimum absolute atomic E-state index is 0.00994. The summed E-state index contributed by atoms with van der Waals surface area (Å²) >= 11 is 1.27. The van der Waals surface area contributed by atoms with Crippen LogP contribution in [0.4, 0.5) is 10.7 Å². The molecule has 2 N–H and O–H groups in total. The van der Waals surface area contributed by atoms with Crippen molar-refractivity contribution in [1.82, 2.24) is 0 Å². The van der Waals surface area contributed by atoms with Crippen LogP contribution in [0.25, 0.3) is 0 Å². The van der Waals surface area contributed by atoms with E-state index in [4.69, 9.17) is 4.74 Å². The zero-order valence-corrected chi connectivity index (χ0v) is 16.9. The van der Waals surface area contributed by atoms with Crippen molar-refractivity contribution >= 4 is 33.8 Å². The first-order valence-electron chi connectivity index (χ1n) is 8.57. The van der Waals surface area contributed by atoms with Gasteiger partial charge in [-0.1, -0.05) is 32.9 Å². The van der Waals surface area contributed by atoms with E-state index in [1.54, 1.807) is 6.07 Å². The molecule has 2 aromatic rings. The van der Waals surface area contributed by atoms with Gasteiger partial charge in [0.05, 0.1) is 21.7 Å². The lowest BCUT2D eigenvalue weighted by molar-refractivity contribution is -0.123. The van der Waals surface area contributed by atoms with Gasteiger partial charge in [-0.3, -0.25) is 9.59 Å². The molecule has 1 heterocycles. The average molecular weight is 375 g/mol. The zero-order chi connectivity index (χ0) is 19.5.